The van der Waals surface area contributed by atoms with E-state index in [4.69, 9.17) is 4.74 Å². The Bertz CT molecular complexity index is 1620. The number of aryl methyl sites for hydroxylation is 1. The fourth-order valence-electron chi connectivity index (χ4n) is 6.15. The van der Waals surface area contributed by atoms with Crippen LogP contribution >= 0.6 is 0 Å². The second kappa shape index (κ2) is 12.1. The van der Waals surface area contributed by atoms with Gasteiger partial charge >= 0.3 is 5.97 Å². The minimum absolute atomic E-state index is 0.0287. The number of nitrogens with one attached hydrogen (secondary N) is 1. The van der Waals surface area contributed by atoms with Gasteiger partial charge in [0.05, 0.1) is 23.8 Å². The number of rotatable bonds is 9. The average Bonchev–Trinajstić information content (AvgIpc) is 3.34. The van der Waals surface area contributed by atoms with Crippen molar-refractivity contribution in [3.05, 3.63) is 76.7 Å². The Morgan fingerprint density at radius 1 is 1.07 bits per heavy atom. The van der Waals surface area contributed by atoms with Gasteiger partial charge in [0, 0.05) is 19.5 Å². The molecule has 6 rings (SSSR count). The molecule has 3 aliphatic rings. The van der Waals surface area contributed by atoms with E-state index in [1.165, 1.54) is 41.5 Å². The maximum absolute atomic E-state index is 13.8. The van der Waals surface area contributed by atoms with Crippen LogP contribution in [0.25, 0.3) is 11.1 Å². The summed E-state index contributed by atoms with van der Waals surface area (Å²) in [5, 5.41) is 16.7. The number of nitrogens with zero attached hydrogens (tertiary/aromatic N) is 3. The number of carbonyl (C=O) groups excluding carboxylic acids is 1. The molecule has 2 aliphatic heterocycles. The van der Waals surface area contributed by atoms with Gasteiger partial charge in [-0.1, -0.05) is 48.9 Å². The molecular formula is C30H34N4O7S. The Labute approximate surface area is 244 Å². The van der Waals surface area contributed by atoms with Gasteiger partial charge in [-0.2, -0.15) is 9.40 Å². The van der Waals surface area contributed by atoms with Gasteiger partial charge in [-0.3, -0.25) is 9.59 Å². The molecule has 2 unspecified atom stereocenters. The molecule has 1 aromatic heterocycles. The molecule has 4 atom stereocenters. The number of aliphatic carboxylic acids is 1. The summed E-state index contributed by atoms with van der Waals surface area (Å²) in [5.41, 5.74) is 1.18. The summed E-state index contributed by atoms with van der Waals surface area (Å²) in [6.45, 7) is 0. The summed E-state index contributed by atoms with van der Waals surface area (Å²) in [5.74, 6) is -1.71. The van der Waals surface area contributed by atoms with Crippen LogP contribution in [-0.2, 0) is 33.1 Å². The minimum atomic E-state index is -3.99. The smallest absolute Gasteiger partial charge is 0.326 e. The zero-order valence-electron chi connectivity index (χ0n) is 23.5. The van der Waals surface area contributed by atoms with E-state index in [1.807, 2.05) is 0 Å². The monoisotopic (exact) mass is 594 g/mol. The third-order valence-electron chi connectivity index (χ3n) is 8.27. The number of ether oxygens (including phenoxy) is 1. The number of benzene rings is 2. The molecule has 3 aromatic rings. The predicted octanol–water partition coefficient (Wildman–Crippen LogP) is 2.59. The zero-order chi connectivity index (χ0) is 30.0. The highest BCUT2D eigenvalue weighted by molar-refractivity contribution is 7.89. The first-order valence-electron chi connectivity index (χ1n) is 13.9. The summed E-state index contributed by atoms with van der Waals surface area (Å²) in [6, 6.07) is 12.2. The van der Waals surface area contributed by atoms with Gasteiger partial charge < -0.3 is 15.2 Å². The third kappa shape index (κ3) is 5.68. The molecule has 3 fully saturated rings. The van der Waals surface area contributed by atoms with E-state index in [0.717, 1.165) is 6.42 Å². The van der Waals surface area contributed by atoms with Gasteiger partial charge in [0.25, 0.3) is 5.56 Å². The summed E-state index contributed by atoms with van der Waals surface area (Å²) >= 11 is 0. The largest absolute Gasteiger partial charge is 0.494 e. The topological polar surface area (TPSA) is 148 Å². The molecule has 12 heteroatoms. The second-order valence-corrected chi connectivity index (χ2v) is 12.7. The number of piperidine rings is 1. The Kier molecular flexibility index (Phi) is 8.46. The number of sulfonamides is 1. The molecule has 2 aromatic carbocycles. The lowest BCUT2D eigenvalue weighted by molar-refractivity contribution is -0.143. The molecule has 42 heavy (non-hydrogen) atoms. The lowest BCUT2D eigenvalue weighted by Crippen LogP contribution is -2.60. The molecule has 222 valence electrons. The molecule has 1 aliphatic carbocycles. The van der Waals surface area contributed by atoms with Gasteiger partial charge in [0.1, 0.15) is 12.1 Å². The van der Waals surface area contributed by atoms with Crippen LogP contribution in [0.1, 0.15) is 37.7 Å². The maximum Gasteiger partial charge on any atom is 0.326 e. The number of fused-ring (bicyclic) bond motifs is 4. The normalized spacial score (nSPS) is 21.3. The number of carbonyl (C=O) groups is 2. The molecule has 3 heterocycles. The van der Waals surface area contributed by atoms with Crippen LogP contribution in [0.2, 0.25) is 0 Å². The number of aromatic nitrogens is 2. The van der Waals surface area contributed by atoms with E-state index in [0.29, 0.717) is 48.1 Å². The van der Waals surface area contributed by atoms with Crippen molar-refractivity contribution in [2.24, 2.45) is 13.0 Å². The van der Waals surface area contributed by atoms with Crippen molar-refractivity contribution < 1.29 is 27.9 Å². The Morgan fingerprint density at radius 3 is 2.45 bits per heavy atom. The first-order chi connectivity index (χ1) is 20.1. The standard InChI is InChI=1S/C30H34N4O7S/c1-33-29(36)26(25(41-2)18-31-33)20-13-11-19(12-14-20)17-24(30(37)38)32-28(35)27-21-7-6-8-22(16-15-21)34(27)42(39,40)23-9-4-3-5-10-23/h3-5,9-14,18,21-22,24,27H,6-8,15-17H2,1-2H3,(H,32,35)(H,37,38)/t21?,22?,24-,27-/m0/s1. The molecule has 0 spiro atoms. The number of hydrogen-bond acceptors (Lipinski definition) is 7. The van der Waals surface area contributed by atoms with Crippen LogP contribution in [0.15, 0.2) is 70.5 Å². The first-order valence-corrected chi connectivity index (χ1v) is 15.4. The number of hydrogen-bond donors (Lipinski definition) is 2. The molecule has 11 nitrogen and oxygen atoms in total. The molecular weight excluding hydrogens is 560 g/mol. The van der Waals surface area contributed by atoms with E-state index >= 15 is 0 Å². The van der Waals surface area contributed by atoms with Crippen LogP contribution in [-0.4, -0.2) is 64.7 Å². The second-order valence-electron chi connectivity index (χ2n) is 10.8. The lowest BCUT2D eigenvalue weighted by atomic mass is 9.87. The molecule has 1 amide bonds. The summed E-state index contributed by atoms with van der Waals surface area (Å²) in [7, 11) is -1.01. The fraction of sp³-hybridized carbons (Fsp3) is 0.400. The van der Waals surface area contributed by atoms with Crippen LogP contribution in [0.3, 0.4) is 0 Å². The van der Waals surface area contributed by atoms with Gasteiger partial charge in [-0.25, -0.2) is 17.9 Å². The van der Waals surface area contributed by atoms with Crippen molar-refractivity contribution in [1.29, 1.82) is 0 Å². The number of carboxylic acids is 1. The van der Waals surface area contributed by atoms with Gasteiger partial charge in [-0.15, -0.1) is 0 Å². The van der Waals surface area contributed by atoms with Crippen LogP contribution in [0.4, 0.5) is 0 Å². The first kappa shape index (κ1) is 29.5. The van der Waals surface area contributed by atoms with Gasteiger partial charge in [0.15, 0.2) is 5.75 Å². The Morgan fingerprint density at radius 2 is 1.79 bits per heavy atom. The number of amides is 1. The van der Waals surface area contributed by atoms with E-state index in [1.54, 1.807) is 42.5 Å². The Hall–Kier alpha value is -4.03. The van der Waals surface area contributed by atoms with Crippen molar-refractivity contribution in [2.45, 2.75) is 61.5 Å². The average molecular weight is 595 g/mol. The Balaban J connectivity index is 1.39. The van der Waals surface area contributed by atoms with E-state index in [2.05, 4.69) is 10.4 Å². The van der Waals surface area contributed by atoms with Crippen LogP contribution < -0.4 is 15.6 Å². The predicted molar refractivity (Wildman–Crippen MR) is 154 cm³/mol. The van der Waals surface area contributed by atoms with Crippen LogP contribution in [0, 0.1) is 5.92 Å². The summed E-state index contributed by atoms with van der Waals surface area (Å²) < 4.78 is 35.4. The van der Waals surface area contributed by atoms with E-state index < -0.39 is 34.0 Å². The van der Waals surface area contributed by atoms with Gasteiger partial charge in [0.2, 0.25) is 15.9 Å². The molecule has 2 saturated heterocycles. The fourth-order valence-corrected chi connectivity index (χ4v) is 8.06. The minimum Gasteiger partial charge on any atom is -0.494 e. The molecule has 2 bridgehead atoms. The maximum atomic E-state index is 13.8. The highest BCUT2D eigenvalue weighted by atomic mass is 32.2. The summed E-state index contributed by atoms with van der Waals surface area (Å²) in [4.78, 5) is 38.9. The van der Waals surface area contributed by atoms with Crippen molar-refractivity contribution in [2.75, 3.05) is 7.11 Å². The highest BCUT2D eigenvalue weighted by Crippen LogP contribution is 2.41. The van der Waals surface area contributed by atoms with E-state index in [9.17, 15) is 27.9 Å². The SMILES string of the molecule is COc1cnn(C)c(=O)c1-c1ccc(C[C@H](NC(=O)[C@@H]2C3CCCC(CC3)N2S(=O)(=O)c2ccccc2)C(=O)O)cc1. The lowest BCUT2D eigenvalue weighted by Gasteiger charge is -2.42. The van der Waals surface area contributed by atoms with Crippen molar-refractivity contribution in [3.8, 4) is 16.9 Å². The van der Waals surface area contributed by atoms with E-state index in [-0.39, 0.29) is 28.8 Å². The zero-order valence-corrected chi connectivity index (χ0v) is 24.3. The number of methoxy groups -OCH3 is 1. The summed E-state index contributed by atoms with van der Waals surface area (Å²) in [6.07, 6.45) is 4.96. The van der Waals surface area contributed by atoms with Crippen molar-refractivity contribution in [1.82, 2.24) is 19.4 Å². The molecule has 2 N–H and O–H groups in total. The van der Waals surface area contributed by atoms with Crippen molar-refractivity contribution >= 4 is 21.9 Å². The van der Waals surface area contributed by atoms with Gasteiger partial charge in [-0.05, 0) is 54.9 Å². The molecule has 1 saturated carbocycles. The quantitative estimate of drug-likeness (QED) is 0.384. The van der Waals surface area contributed by atoms with Crippen molar-refractivity contribution in [3.63, 3.8) is 0 Å². The van der Waals surface area contributed by atoms with Crippen LogP contribution in [0.5, 0.6) is 5.75 Å². The molecule has 0 radical (unpaired) electrons. The highest BCUT2D eigenvalue weighted by Gasteiger charge is 2.49. The third-order valence-corrected chi connectivity index (χ3v) is 10.2. The number of carboxylic acid groups (broad SMARTS) is 1.